The van der Waals surface area contributed by atoms with Crippen LogP contribution in [0.3, 0.4) is 0 Å². The number of aryl methyl sites for hydroxylation is 2. The topological polar surface area (TPSA) is 61.4 Å². The van der Waals surface area contributed by atoms with Gasteiger partial charge in [-0.1, -0.05) is 24.3 Å². The van der Waals surface area contributed by atoms with Gasteiger partial charge < -0.3 is 0 Å². The predicted molar refractivity (Wildman–Crippen MR) is 95.6 cm³/mol. The second-order valence-electron chi connectivity index (χ2n) is 6.61. The van der Waals surface area contributed by atoms with E-state index in [-0.39, 0.29) is 0 Å². The highest BCUT2D eigenvalue weighted by Gasteiger charge is 2.31. The number of nitrogens with zero attached hydrogens (tertiary/aromatic N) is 6. The number of para-hydroxylation sites is 1. The van der Waals surface area contributed by atoms with Crippen LogP contribution in [0.1, 0.15) is 30.1 Å². The van der Waals surface area contributed by atoms with Gasteiger partial charge >= 0.3 is 0 Å². The molecule has 25 heavy (non-hydrogen) atoms. The second-order valence-corrected chi connectivity index (χ2v) is 6.61. The highest BCUT2D eigenvalue weighted by atomic mass is 15.4. The van der Waals surface area contributed by atoms with Crippen LogP contribution in [0.4, 0.5) is 0 Å². The Labute approximate surface area is 145 Å². The maximum Gasteiger partial charge on any atom is 0.186 e. The molecule has 1 aliphatic carbocycles. The summed E-state index contributed by atoms with van der Waals surface area (Å²) in [6.45, 7) is 2.04. The summed E-state index contributed by atoms with van der Waals surface area (Å²) in [5.41, 5.74) is 3.00. The quantitative estimate of drug-likeness (QED) is 0.577. The minimum Gasteiger partial charge on any atom is -0.267 e. The first-order valence-electron chi connectivity index (χ1n) is 8.53. The van der Waals surface area contributed by atoms with Crippen LogP contribution < -0.4 is 0 Å². The van der Waals surface area contributed by atoms with Crippen LogP contribution in [-0.4, -0.2) is 29.5 Å². The number of pyridine rings is 1. The number of hydrogen-bond donors (Lipinski definition) is 0. The Balaban J connectivity index is 1.79. The van der Waals surface area contributed by atoms with E-state index >= 15 is 0 Å². The Morgan fingerprint density at radius 2 is 1.88 bits per heavy atom. The van der Waals surface area contributed by atoms with E-state index in [1.807, 2.05) is 47.6 Å². The molecule has 4 aromatic rings. The second kappa shape index (κ2) is 5.24. The first kappa shape index (κ1) is 14.3. The molecular formula is C19H18N6. The zero-order valence-corrected chi connectivity index (χ0v) is 14.2. The largest absolute Gasteiger partial charge is 0.267 e. The fourth-order valence-electron chi connectivity index (χ4n) is 3.22. The van der Waals surface area contributed by atoms with Crippen molar-refractivity contribution >= 4 is 10.9 Å². The van der Waals surface area contributed by atoms with Crippen LogP contribution in [0.5, 0.6) is 0 Å². The molecule has 0 amide bonds. The van der Waals surface area contributed by atoms with Gasteiger partial charge in [0.25, 0.3) is 0 Å². The molecule has 0 bridgehead atoms. The minimum atomic E-state index is 0.471. The van der Waals surface area contributed by atoms with Crippen LogP contribution in [0.2, 0.25) is 0 Å². The van der Waals surface area contributed by atoms with Gasteiger partial charge in [-0.05, 0) is 37.5 Å². The van der Waals surface area contributed by atoms with Gasteiger partial charge in [0.15, 0.2) is 17.5 Å². The number of fused-ring (bicyclic) bond motifs is 1. The van der Waals surface area contributed by atoms with E-state index in [4.69, 9.17) is 15.2 Å². The Morgan fingerprint density at radius 3 is 2.68 bits per heavy atom. The standard InChI is InChI=1S/C19H18N6/c1-12-6-5-11-20-18(12)25-19(21-17(23-25)13-9-10-13)16-14-7-3-4-8-15(14)24(2)22-16/h3-8,11,13H,9-10H2,1-2H3. The number of hydrogen-bond acceptors (Lipinski definition) is 4. The van der Waals surface area contributed by atoms with Crippen molar-refractivity contribution in [2.24, 2.45) is 7.05 Å². The summed E-state index contributed by atoms with van der Waals surface area (Å²) in [5, 5.41) is 10.6. The van der Waals surface area contributed by atoms with E-state index in [9.17, 15) is 0 Å². The molecule has 1 fully saturated rings. The lowest BCUT2D eigenvalue weighted by atomic mass is 10.2. The van der Waals surface area contributed by atoms with E-state index in [2.05, 4.69) is 17.1 Å². The Morgan fingerprint density at radius 1 is 1.04 bits per heavy atom. The Bertz CT molecular complexity index is 1090. The normalized spacial score (nSPS) is 14.3. The summed E-state index contributed by atoms with van der Waals surface area (Å²) >= 11 is 0. The highest BCUT2D eigenvalue weighted by Crippen LogP contribution is 2.39. The molecule has 1 saturated carbocycles. The van der Waals surface area contributed by atoms with Gasteiger partial charge in [0, 0.05) is 24.5 Å². The highest BCUT2D eigenvalue weighted by molar-refractivity contribution is 5.91. The van der Waals surface area contributed by atoms with Gasteiger partial charge in [0.2, 0.25) is 0 Å². The third-order valence-electron chi connectivity index (χ3n) is 4.72. The third-order valence-corrected chi connectivity index (χ3v) is 4.72. The van der Waals surface area contributed by atoms with Crippen LogP contribution >= 0.6 is 0 Å². The average Bonchev–Trinajstić information content (AvgIpc) is 3.31. The lowest BCUT2D eigenvalue weighted by Crippen LogP contribution is -2.05. The smallest absolute Gasteiger partial charge is 0.186 e. The van der Waals surface area contributed by atoms with Gasteiger partial charge in [-0.3, -0.25) is 4.68 Å². The lowest BCUT2D eigenvalue weighted by Gasteiger charge is -2.06. The summed E-state index contributed by atoms with van der Waals surface area (Å²) in [6, 6.07) is 12.2. The van der Waals surface area contributed by atoms with Crippen molar-refractivity contribution in [1.82, 2.24) is 29.5 Å². The maximum atomic E-state index is 4.86. The van der Waals surface area contributed by atoms with Crippen molar-refractivity contribution in [3.8, 4) is 17.3 Å². The van der Waals surface area contributed by atoms with Crippen molar-refractivity contribution in [3.05, 3.63) is 54.0 Å². The van der Waals surface area contributed by atoms with Crippen LogP contribution in [0, 0.1) is 6.92 Å². The zero-order chi connectivity index (χ0) is 17.0. The lowest BCUT2D eigenvalue weighted by molar-refractivity contribution is 0.783. The molecule has 124 valence electrons. The molecule has 1 aliphatic rings. The summed E-state index contributed by atoms with van der Waals surface area (Å²) in [6.07, 6.45) is 4.11. The summed E-state index contributed by atoms with van der Waals surface area (Å²) in [4.78, 5) is 9.40. The Kier molecular flexibility index (Phi) is 3.00. The molecule has 6 heteroatoms. The van der Waals surface area contributed by atoms with E-state index in [0.29, 0.717) is 5.92 Å². The fourth-order valence-corrected chi connectivity index (χ4v) is 3.22. The molecule has 1 aromatic carbocycles. The monoisotopic (exact) mass is 330 g/mol. The third kappa shape index (κ3) is 2.25. The first-order valence-corrected chi connectivity index (χ1v) is 8.53. The molecule has 5 rings (SSSR count). The zero-order valence-electron chi connectivity index (χ0n) is 14.2. The fraction of sp³-hybridized carbons (Fsp3) is 0.263. The predicted octanol–water partition coefficient (Wildman–Crippen LogP) is 3.40. The number of aromatic nitrogens is 6. The van der Waals surface area contributed by atoms with Gasteiger partial charge in [0.05, 0.1) is 5.52 Å². The van der Waals surface area contributed by atoms with Gasteiger partial charge in [-0.15, -0.1) is 5.10 Å². The van der Waals surface area contributed by atoms with Gasteiger partial charge in [-0.2, -0.15) is 9.78 Å². The molecule has 6 nitrogen and oxygen atoms in total. The van der Waals surface area contributed by atoms with Crippen molar-refractivity contribution in [1.29, 1.82) is 0 Å². The van der Waals surface area contributed by atoms with Gasteiger partial charge in [-0.25, -0.2) is 9.97 Å². The molecule has 3 aromatic heterocycles. The summed E-state index contributed by atoms with van der Waals surface area (Å²) < 4.78 is 3.75. The van der Waals surface area contributed by atoms with Crippen LogP contribution in [0.15, 0.2) is 42.6 Å². The van der Waals surface area contributed by atoms with Crippen LogP contribution in [-0.2, 0) is 7.05 Å². The molecule has 3 heterocycles. The summed E-state index contributed by atoms with van der Waals surface area (Å²) in [7, 11) is 1.96. The first-order chi connectivity index (χ1) is 12.2. The molecule has 0 unspecified atom stereocenters. The molecule has 0 atom stereocenters. The van der Waals surface area contributed by atoms with Gasteiger partial charge in [0.1, 0.15) is 5.69 Å². The van der Waals surface area contributed by atoms with Crippen molar-refractivity contribution in [3.63, 3.8) is 0 Å². The Hall–Kier alpha value is -3.02. The summed E-state index contributed by atoms with van der Waals surface area (Å²) in [5.74, 6) is 2.95. The molecule has 0 radical (unpaired) electrons. The van der Waals surface area contributed by atoms with E-state index in [1.54, 1.807) is 6.20 Å². The van der Waals surface area contributed by atoms with E-state index in [0.717, 1.165) is 52.5 Å². The molecule has 0 N–H and O–H groups in total. The molecule has 0 saturated heterocycles. The van der Waals surface area contributed by atoms with E-state index in [1.165, 1.54) is 0 Å². The molecule has 0 spiro atoms. The SMILES string of the molecule is Cc1cccnc1-n1nc(C2CC2)nc1-c1nn(C)c2ccccc12. The van der Waals surface area contributed by atoms with Crippen molar-refractivity contribution < 1.29 is 0 Å². The van der Waals surface area contributed by atoms with Crippen LogP contribution in [0.25, 0.3) is 28.2 Å². The maximum absolute atomic E-state index is 4.86. The van der Waals surface area contributed by atoms with Crippen molar-refractivity contribution in [2.45, 2.75) is 25.7 Å². The van der Waals surface area contributed by atoms with Crippen molar-refractivity contribution in [2.75, 3.05) is 0 Å². The van der Waals surface area contributed by atoms with E-state index < -0.39 is 0 Å². The number of rotatable bonds is 3. The minimum absolute atomic E-state index is 0.471. The number of benzene rings is 1. The average molecular weight is 330 g/mol. The molecule has 0 aliphatic heterocycles. The molecular weight excluding hydrogens is 312 g/mol.